The van der Waals surface area contributed by atoms with Gasteiger partial charge in [0.15, 0.2) is 10.8 Å². The smallest absolute Gasteiger partial charge is 0.360 e. The molecule has 0 radical (unpaired) electrons. The van der Waals surface area contributed by atoms with Gasteiger partial charge in [-0.3, -0.25) is 10.9 Å². The number of hydrazone groups is 2. The number of nitrogens with two attached hydrogens (primary N) is 1. The Morgan fingerprint density at radius 2 is 2.00 bits per heavy atom. The highest BCUT2D eigenvalue weighted by Crippen LogP contribution is 2.15. The highest BCUT2D eigenvalue weighted by molar-refractivity contribution is 7.80. The summed E-state index contributed by atoms with van der Waals surface area (Å²) in [6.07, 6.45) is 0.837. The molecule has 1 aromatic carbocycles. The van der Waals surface area contributed by atoms with Crippen LogP contribution in [0.15, 0.2) is 34.5 Å². The summed E-state index contributed by atoms with van der Waals surface area (Å²) in [5, 5.41) is 8.04. The third-order valence-electron chi connectivity index (χ3n) is 2.83. The maximum absolute atomic E-state index is 12.0. The first-order valence-corrected chi connectivity index (χ1v) is 7.59. The third kappa shape index (κ3) is 6.03. The van der Waals surface area contributed by atoms with Crippen LogP contribution in [0.2, 0.25) is 0 Å². The topological polar surface area (TPSA) is 101 Å². The first-order valence-electron chi connectivity index (χ1n) is 7.18. The number of hydrogen-bond donors (Lipinski definition) is 3. The van der Waals surface area contributed by atoms with Gasteiger partial charge in [0.1, 0.15) is 0 Å². The molecule has 1 rings (SSSR count). The second-order valence-corrected chi connectivity index (χ2v) is 4.92. The van der Waals surface area contributed by atoms with Crippen molar-refractivity contribution in [2.24, 2.45) is 15.9 Å². The summed E-state index contributed by atoms with van der Waals surface area (Å²) in [5.74, 6) is -0.583. The van der Waals surface area contributed by atoms with Crippen LogP contribution in [0.4, 0.5) is 5.69 Å². The quantitative estimate of drug-likeness (QED) is 0.304. The van der Waals surface area contributed by atoms with Crippen molar-refractivity contribution < 1.29 is 9.53 Å². The first-order chi connectivity index (χ1) is 11.0. The number of carbonyl (C=O) groups is 1. The Balaban J connectivity index is 3.05. The lowest BCUT2D eigenvalue weighted by Gasteiger charge is -2.09. The van der Waals surface area contributed by atoms with Crippen molar-refractivity contribution >= 4 is 40.4 Å². The summed E-state index contributed by atoms with van der Waals surface area (Å²) in [4.78, 5) is 12.0. The molecule has 7 nitrogen and oxygen atoms in total. The molecule has 23 heavy (non-hydrogen) atoms. The van der Waals surface area contributed by atoms with Crippen LogP contribution in [0, 0.1) is 0 Å². The van der Waals surface area contributed by atoms with E-state index >= 15 is 0 Å². The number of nitrogens with one attached hydrogen (secondary N) is 2. The van der Waals surface area contributed by atoms with E-state index in [0.717, 1.165) is 17.7 Å². The third-order valence-corrected chi connectivity index (χ3v) is 2.92. The summed E-state index contributed by atoms with van der Waals surface area (Å²) < 4.78 is 4.99. The average Bonchev–Trinajstić information content (AvgIpc) is 2.53. The summed E-state index contributed by atoms with van der Waals surface area (Å²) in [7, 11) is 0. The fourth-order valence-electron chi connectivity index (χ4n) is 1.72. The maximum atomic E-state index is 12.0. The summed E-state index contributed by atoms with van der Waals surface area (Å²) in [5.41, 5.74) is 12.9. The number of benzene rings is 1. The van der Waals surface area contributed by atoms with Gasteiger partial charge in [-0.25, -0.2) is 4.79 Å². The van der Waals surface area contributed by atoms with Gasteiger partial charge in [0, 0.05) is 0 Å². The normalized spacial score (nSPS) is 11.8. The Morgan fingerprint density at radius 1 is 1.30 bits per heavy atom. The molecule has 8 heteroatoms. The largest absolute Gasteiger partial charge is 0.461 e. The number of aryl methyl sites for hydroxylation is 1. The number of thiocarbonyl (C=S) groups is 1. The van der Waals surface area contributed by atoms with Crippen LogP contribution in [0.1, 0.15) is 26.3 Å². The molecule has 0 aliphatic carbocycles. The Hall–Kier alpha value is -2.48. The lowest BCUT2D eigenvalue weighted by molar-refractivity contribution is -0.134. The van der Waals surface area contributed by atoms with Crippen molar-refractivity contribution in [2.75, 3.05) is 12.0 Å². The molecule has 0 saturated carbocycles. The first kappa shape index (κ1) is 18.6. The SMILES string of the molecule is CCOC(=O)C(=N\Nc1ccccc1CC)/C(C)=N/NC(N)=S. The van der Waals surface area contributed by atoms with Gasteiger partial charge in [0.25, 0.3) is 0 Å². The number of hydrogen-bond acceptors (Lipinski definition) is 6. The molecule has 0 atom stereocenters. The minimum Gasteiger partial charge on any atom is -0.461 e. The molecule has 0 aromatic heterocycles. The highest BCUT2D eigenvalue weighted by atomic mass is 32.1. The van der Waals surface area contributed by atoms with Crippen LogP contribution >= 0.6 is 12.2 Å². The van der Waals surface area contributed by atoms with Crippen molar-refractivity contribution in [3.05, 3.63) is 29.8 Å². The number of carbonyl (C=O) groups excluding carboxylic acids is 1. The minimum absolute atomic E-state index is 0.00292. The molecular weight excluding hydrogens is 314 g/mol. The van der Waals surface area contributed by atoms with Crippen molar-refractivity contribution in [1.82, 2.24) is 5.43 Å². The number of para-hydroxylation sites is 1. The van der Waals surface area contributed by atoms with E-state index in [1.165, 1.54) is 0 Å². The van der Waals surface area contributed by atoms with Crippen LogP contribution in [0.3, 0.4) is 0 Å². The van der Waals surface area contributed by atoms with E-state index in [0.29, 0.717) is 5.71 Å². The fraction of sp³-hybridized carbons (Fsp3) is 0.333. The van der Waals surface area contributed by atoms with Crippen LogP contribution in [0.5, 0.6) is 0 Å². The molecule has 0 heterocycles. The lowest BCUT2D eigenvalue weighted by atomic mass is 10.1. The molecule has 0 unspecified atom stereocenters. The van der Waals surface area contributed by atoms with Gasteiger partial charge < -0.3 is 10.5 Å². The van der Waals surface area contributed by atoms with Crippen LogP contribution in [-0.4, -0.2) is 29.1 Å². The number of nitrogens with zero attached hydrogens (tertiary/aromatic N) is 2. The number of ether oxygens (including phenoxy) is 1. The monoisotopic (exact) mass is 335 g/mol. The zero-order valence-corrected chi connectivity index (χ0v) is 14.2. The highest BCUT2D eigenvalue weighted by Gasteiger charge is 2.17. The number of anilines is 1. The number of rotatable bonds is 7. The molecular formula is C15H21N5O2S. The van der Waals surface area contributed by atoms with E-state index in [9.17, 15) is 4.79 Å². The van der Waals surface area contributed by atoms with Crippen molar-refractivity contribution in [3.8, 4) is 0 Å². The predicted molar refractivity (Wildman–Crippen MR) is 96.5 cm³/mol. The second-order valence-electron chi connectivity index (χ2n) is 4.48. The Bertz CT molecular complexity index is 628. The van der Waals surface area contributed by atoms with Gasteiger partial charge in [0.2, 0.25) is 0 Å². The molecule has 0 aliphatic heterocycles. The van der Waals surface area contributed by atoms with Crippen molar-refractivity contribution in [1.29, 1.82) is 0 Å². The second kappa shape index (κ2) is 9.52. The zero-order chi connectivity index (χ0) is 17.2. The molecule has 0 spiro atoms. The molecule has 0 saturated heterocycles. The molecule has 0 aliphatic rings. The van der Waals surface area contributed by atoms with E-state index < -0.39 is 5.97 Å². The summed E-state index contributed by atoms with van der Waals surface area (Å²) in [6.45, 7) is 5.60. The van der Waals surface area contributed by atoms with E-state index in [1.54, 1.807) is 13.8 Å². The molecule has 0 amide bonds. The Labute approximate surface area is 141 Å². The van der Waals surface area contributed by atoms with Gasteiger partial charge in [-0.1, -0.05) is 25.1 Å². The zero-order valence-electron chi connectivity index (χ0n) is 13.4. The molecule has 124 valence electrons. The van der Waals surface area contributed by atoms with Crippen molar-refractivity contribution in [3.63, 3.8) is 0 Å². The Morgan fingerprint density at radius 3 is 2.61 bits per heavy atom. The molecule has 4 N–H and O–H groups in total. The summed E-state index contributed by atoms with van der Waals surface area (Å²) >= 11 is 4.68. The van der Waals surface area contributed by atoms with E-state index in [-0.39, 0.29) is 17.4 Å². The van der Waals surface area contributed by atoms with Gasteiger partial charge >= 0.3 is 5.97 Å². The van der Waals surface area contributed by atoms with Gasteiger partial charge in [-0.15, -0.1) is 0 Å². The van der Waals surface area contributed by atoms with E-state index in [4.69, 9.17) is 10.5 Å². The molecule has 1 aromatic rings. The van der Waals surface area contributed by atoms with E-state index in [1.807, 2.05) is 31.2 Å². The van der Waals surface area contributed by atoms with Gasteiger partial charge in [0.05, 0.1) is 18.0 Å². The van der Waals surface area contributed by atoms with Gasteiger partial charge in [-0.2, -0.15) is 10.2 Å². The average molecular weight is 335 g/mol. The van der Waals surface area contributed by atoms with Crippen LogP contribution < -0.4 is 16.6 Å². The fourth-order valence-corrected chi connectivity index (χ4v) is 1.77. The molecule has 0 fully saturated rings. The number of esters is 1. The van der Waals surface area contributed by atoms with E-state index in [2.05, 4.69) is 33.3 Å². The van der Waals surface area contributed by atoms with Crippen LogP contribution in [0.25, 0.3) is 0 Å². The summed E-state index contributed by atoms with van der Waals surface area (Å²) in [6, 6.07) is 7.69. The maximum Gasteiger partial charge on any atom is 0.360 e. The predicted octanol–water partition coefficient (Wildman–Crippen LogP) is 1.79. The van der Waals surface area contributed by atoms with Crippen molar-refractivity contribution in [2.45, 2.75) is 27.2 Å². The van der Waals surface area contributed by atoms with Crippen LogP contribution in [-0.2, 0) is 16.0 Å². The lowest BCUT2D eigenvalue weighted by Crippen LogP contribution is -2.30. The minimum atomic E-state index is -0.583. The standard InChI is InChI=1S/C15H21N5O2S/c1-4-11-8-6-7-9-12(11)18-19-13(14(21)22-5-2)10(3)17-20-15(16)23/h6-9,18H,4-5H2,1-3H3,(H3,16,20,23)/b17-10+,19-13-. The van der Waals surface area contributed by atoms with Gasteiger partial charge in [-0.05, 0) is 44.1 Å². The molecule has 0 bridgehead atoms. The Kier molecular flexibility index (Phi) is 7.69.